The number of carbonyl (C=O) groups excluding carboxylic acids is 1. The Morgan fingerprint density at radius 3 is 2.64 bits per heavy atom. The zero-order valence-corrected chi connectivity index (χ0v) is 15.5. The van der Waals surface area contributed by atoms with E-state index in [1.54, 1.807) is 24.3 Å². The van der Waals surface area contributed by atoms with Crippen LogP contribution in [0.5, 0.6) is 0 Å². The maximum atomic E-state index is 13.1. The summed E-state index contributed by atoms with van der Waals surface area (Å²) in [6, 6.07) is 14.8. The SMILES string of the molecule is CCOC(=O)/C=C(/C)N=Nc1c2ccccc2n2c(=O)c3ccccc3[nH]c12. The number of benzene rings is 2. The van der Waals surface area contributed by atoms with E-state index < -0.39 is 5.97 Å². The number of hydrogen-bond donors (Lipinski definition) is 1. The average molecular weight is 374 g/mol. The first-order valence-corrected chi connectivity index (χ1v) is 8.91. The van der Waals surface area contributed by atoms with E-state index in [0.717, 1.165) is 16.4 Å². The van der Waals surface area contributed by atoms with E-state index in [1.165, 1.54) is 6.08 Å². The van der Waals surface area contributed by atoms with Crippen molar-refractivity contribution in [3.05, 3.63) is 70.7 Å². The van der Waals surface area contributed by atoms with Crippen molar-refractivity contribution in [1.82, 2.24) is 9.38 Å². The number of H-pyrrole nitrogens is 1. The number of hydrogen-bond acceptors (Lipinski definition) is 5. The van der Waals surface area contributed by atoms with E-state index >= 15 is 0 Å². The summed E-state index contributed by atoms with van der Waals surface area (Å²) in [6.07, 6.45) is 1.28. The number of nitrogens with zero attached hydrogens (tertiary/aromatic N) is 3. The Morgan fingerprint density at radius 1 is 1.14 bits per heavy atom. The average Bonchev–Trinajstić information content (AvgIpc) is 3.00. The minimum absolute atomic E-state index is 0.124. The molecule has 0 saturated carbocycles. The van der Waals surface area contributed by atoms with E-state index in [2.05, 4.69) is 15.2 Å². The van der Waals surface area contributed by atoms with Crippen molar-refractivity contribution in [2.24, 2.45) is 10.2 Å². The molecule has 28 heavy (non-hydrogen) atoms. The maximum Gasteiger partial charge on any atom is 0.332 e. The zero-order chi connectivity index (χ0) is 19.7. The Balaban J connectivity index is 1.96. The number of rotatable bonds is 4. The van der Waals surface area contributed by atoms with Crippen LogP contribution in [0, 0.1) is 0 Å². The van der Waals surface area contributed by atoms with Crippen LogP contribution >= 0.6 is 0 Å². The first kappa shape index (κ1) is 17.7. The number of azo groups is 1. The van der Waals surface area contributed by atoms with Crippen LogP contribution in [0.15, 0.2) is 75.3 Å². The Morgan fingerprint density at radius 2 is 1.86 bits per heavy atom. The fourth-order valence-corrected chi connectivity index (χ4v) is 3.19. The number of allylic oxidation sites excluding steroid dienone is 1. The lowest BCUT2D eigenvalue weighted by Gasteiger charge is -2.01. The topological polar surface area (TPSA) is 88.3 Å². The van der Waals surface area contributed by atoms with Gasteiger partial charge in [0.25, 0.3) is 5.56 Å². The van der Waals surface area contributed by atoms with Crippen LogP contribution in [0.2, 0.25) is 0 Å². The van der Waals surface area contributed by atoms with Crippen LogP contribution in [-0.4, -0.2) is 22.0 Å². The van der Waals surface area contributed by atoms with E-state index in [1.807, 2.05) is 42.5 Å². The van der Waals surface area contributed by atoms with Crippen molar-refractivity contribution in [3.63, 3.8) is 0 Å². The lowest BCUT2D eigenvalue weighted by atomic mass is 10.2. The first-order chi connectivity index (χ1) is 13.6. The number of nitrogens with one attached hydrogen (secondary N) is 1. The number of ether oxygens (including phenoxy) is 1. The van der Waals surface area contributed by atoms with Crippen LogP contribution in [0.25, 0.3) is 27.5 Å². The van der Waals surface area contributed by atoms with Crippen molar-refractivity contribution in [3.8, 4) is 0 Å². The molecule has 0 amide bonds. The molecule has 2 aromatic carbocycles. The van der Waals surface area contributed by atoms with Gasteiger partial charge in [0.1, 0.15) is 11.3 Å². The molecule has 0 aliphatic heterocycles. The van der Waals surface area contributed by atoms with Crippen LogP contribution < -0.4 is 5.56 Å². The minimum Gasteiger partial charge on any atom is -0.463 e. The van der Waals surface area contributed by atoms with Crippen LogP contribution in [0.4, 0.5) is 5.69 Å². The lowest BCUT2D eigenvalue weighted by molar-refractivity contribution is -0.137. The summed E-state index contributed by atoms with van der Waals surface area (Å²) in [7, 11) is 0. The molecule has 0 aliphatic carbocycles. The van der Waals surface area contributed by atoms with Gasteiger partial charge in [-0.25, -0.2) is 4.79 Å². The summed E-state index contributed by atoms with van der Waals surface area (Å²) >= 11 is 0. The Bertz CT molecular complexity index is 1330. The van der Waals surface area contributed by atoms with Gasteiger partial charge >= 0.3 is 5.97 Å². The Kier molecular flexibility index (Phi) is 4.49. The van der Waals surface area contributed by atoms with E-state index in [-0.39, 0.29) is 5.56 Å². The molecule has 0 radical (unpaired) electrons. The van der Waals surface area contributed by atoms with Crippen LogP contribution in [0.3, 0.4) is 0 Å². The fourth-order valence-electron chi connectivity index (χ4n) is 3.19. The molecule has 0 aliphatic rings. The standard InChI is InChI=1S/C21H18N4O3/c1-3-28-18(26)12-13(2)23-24-19-15-9-5-7-11-17(15)25-20(19)22-16-10-6-4-8-14(16)21(25)27/h4-12,22H,3H2,1-2H3/b13-12-,24-23?. The molecule has 0 atom stereocenters. The smallest absolute Gasteiger partial charge is 0.332 e. The molecule has 0 unspecified atom stereocenters. The molecule has 4 rings (SSSR count). The molecule has 7 nitrogen and oxygen atoms in total. The third-order valence-electron chi connectivity index (χ3n) is 4.38. The van der Waals surface area contributed by atoms with E-state index in [0.29, 0.717) is 29.0 Å². The van der Waals surface area contributed by atoms with Crippen LogP contribution in [0.1, 0.15) is 13.8 Å². The molecule has 0 saturated heterocycles. The van der Waals surface area contributed by atoms with Gasteiger partial charge in [-0.2, -0.15) is 5.11 Å². The molecule has 140 valence electrons. The molecule has 0 spiro atoms. The zero-order valence-electron chi connectivity index (χ0n) is 15.5. The van der Waals surface area contributed by atoms with E-state index in [9.17, 15) is 9.59 Å². The highest BCUT2D eigenvalue weighted by molar-refractivity contribution is 6.01. The highest BCUT2D eigenvalue weighted by atomic mass is 16.5. The predicted octanol–water partition coefficient (Wildman–Crippen LogP) is 4.48. The number of aromatic amines is 1. The Hall–Kier alpha value is -3.74. The number of esters is 1. The summed E-state index contributed by atoms with van der Waals surface area (Å²) in [5.41, 5.74) is 2.84. The molecular formula is C21H18N4O3. The van der Waals surface area contributed by atoms with Gasteiger partial charge in [-0.15, -0.1) is 5.11 Å². The lowest BCUT2D eigenvalue weighted by Crippen LogP contribution is -2.13. The van der Waals surface area contributed by atoms with Crippen molar-refractivity contribution in [2.45, 2.75) is 13.8 Å². The van der Waals surface area contributed by atoms with Gasteiger partial charge < -0.3 is 9.72 Å². The summed E-state index contributed by atoms with van der Waals surface area (Å²) in [5, 5.41) is 9.88. The van der Waals surface area contributed by atoms with Gasteiger partial charge in [-0.3, -0.25) is 9.20 Å². The number of aromatic nitrogens is 2. The fraction of sp³-hybridized carbons (Fsp3) is 0.143. The molecule has 0 bridgehead atoms. The number of carbonyl (C=O) groups is 1. The second-order valence-electron chi connectivity index (χ2n) is 6.26. The summed E-state index contributed by atoms with van der Waals surface area (Å²) in [6.45, 7) is 3.70. The van der Waals surface area contributed by atoms with Gasteiger partial charge in [-0.05, 0) is 32.0 Å². The molecule has 2 heterocycles. The van der Waals surface area contributed by atoms with E-state index in [4.69, 9.17) is 4.74 Å². The monoisotopic (exact) mass is 374 g/mol. The largest absolute Gasteiger partial charge is 0.463 e. The normalized spacial score (nSPS) is 12.4. The quantitative estimate of drug-likeness (QED) is 0.324. The summed E-state index contributed by atoms with van der Waals surface area (Å²) in [5.74, 6) is -0.468. The predicted molar refractivity (Wildman–Crippen MR) is 108 cm³/mol. The highest BCUT2D eigenvalue weighted by Crippen LogP contribution is 2.33. The van der Waals surface area contributed by atoms with Crippen molar-refractivity contribution in [2.75, 3.05) is 6.61 Å². The van der Waals surface area contributed by atoms with Gasteiger partial charge in [0.15, 0.2) is 0 Å². The van der Waals surface area contributed by atoms with Gasteiger partial charge in [0.05, 0.1) is 28.7 Å². The number of para-hydroxylation sites is 2. The third kappa shape index (κ3) is 2.96. The molecule has 4 aromatic rings. The minimum atomic E-state index is -0.468. The van der Waals surface area contributed by atoms with Crippen molar-refractivity contribution in [1.29, 1.82) is 0 Å². The maximum absolute atomic E-state index is 13.1. The first-order valence-electron chi connectivity index (χ1n) is 8.91. The molecule has 7 heteroatoms. The van der Waals surface area contributed by atoms with Crippen molar-refractivity contribution < 1.29 is 9.53 Å². The summed E-state index contributed by atoms with van der Waals surface area (Å²) in [4.78, 5) is 27.9. The van der Waals surface area contributed by atoms with Gasteiger partial charge in [0, 0.05) is 11.5 Å². The van der Waals surface area contributed by atoms with Gasteiger partial charge in [0.2, 0.25) is 0 Å². The molecule has 2 aromatic heterocycles. The number of fused-ring (bicyclic) bond motifs is 4. The van der Waals surface area contributed by atoms with Crippen molar-refractivity contribution >= 4 is 39.1 Å². The summed E-state index contributed by atoms with van der Waals surface area (Å²) < 4.78 is 6.49. The molecule has 1 N–H and O–H groups in total. The molecular weight excluding hydrogens is 356 g/mol. The second kappa shape index (κ2) is 7.11. The Labute approximate surface area is 160 Å². The van der Waals surface area contributed by atoms with Gasteiger partial charge in [-0.1, -0.05) is 30.3 Å². The third-order valence-corrected chi connectivity index (χ3v) is 4.38. The van der Waals surface area contributed by atoms with Crippen LogP contribution in [-0.2, 0) is 9.53 Å². The highest BCUT2D eigenvalue weighted by Gasteiger charge is 2.15. The molecule has 0 fully saturated rings. The second-order valence-corrected chi connectivity index (χ2v) is 6.26.